The molecule has 0 saturated carbocycles. The van der Waals surface area contributed by atoms with E-state index in [-0.39, 0.29) is 22.1 Å². The molecule has 13 heteroatoms. The molecule has 0 aliphatic rings. The van der Waals surface area contributed by atoms with Crippen LogP contribution in [0.2, 0.25) is 5.02 Å². The Morgan fingerprint density at radius 1 is 0.912 bits per heavy atom. The standard InChI is InChI=1S/C21H16ClN5O6S/c22-17-8-2-3-9-18(17)25-34(32,33)21-14-16(26(28)29)11-12-19(21)24-23-13-5-7-15-6-1-4-10-20(15)27(30)31/h1-14,24-25H. The van der Waals surface area contributed by atoms with Crippen LogP contribution in [-0.2, 0) is 10.0 Å². The van der Waals surface area contributed by atoms with Gasteiger partial charge in [-0.1, -0.05) is 35.9 Å². The van der Waals surface area contributed by atoms with Crippen molar-refractivity contribution >= 4 is 56.7 Å². The van der Waals surface area contributed by atoms with Crippen LogP contribution in [-0.4, -0.2) is 24.5 Å². The summed E-state index contributed by atoms with van der Waals surface area (Å²) in [6.07, 6.45) is 4.11. The molecule has 0 heterocycles. The number of allylic oxidation sites excluding steroid dienone is 1. The van der Waals surface area contributed by atoms with E-state index < -0.39 is 30.5 Å². The van der Waals surface area contributed by atoms with Gasteiger partial charge in [0.25, 0.3) is 21.4 Å². The number of rotatable bonds is 9. The third kappa shape index (κ3) is 5.94. The largest absolute Gasteiger partial charge is 0.278 e. The third-order valence-electron chi connectivity index (χ3n) is 4.34. The van der Waals surface area contributed by atoms with E-state index in [2.05, 4.69) is 15.2 Å². The van der Waals surface area contributed by atoms with Crippen molar-refractivity contribution in [2.45, 2.75) is 4.90 Å². The van der Waals surface area contributed by atoms with Crippen LogP contribution in [0.25, 0.3) is 6.08 Å². The fourth-order valence-corrected chi connectivity index (χ4v) is 4.27. The van der Waals surface area contributed by atoms with Crippen LogP contribution in [0.3, 0.4) is 0 Å². The number of hydrogen-bond donors (Lipinski definition) is 2. The lowest BCUT2D eigenvalue weighted by Gasteiger charge is -2.12. The number of benzene rings is 3. The summed E-state index contributed by atoms with van der Waals surface area (Å²) in [6, 6.07) is 15.4. The molecule has 0 atom stereocenters. The highest BCUT2D eigenvalue weighted by molar-refractivity contribution is 7.93. The molecule has 0 aliphatic carbocycles. The van der Waals surface area contributed by atoms with Crippen LogP contribution in [0.1, 0.15) is 5.56 Å². The monoisotopic (exact) mass is 501 g/mol. The number of nitro groups is 2. The van der Waals surface area contributed by atoms with Gasteiger partial charge in [-0.2, -0.15) is 5.10 Å². The molecule has 0 aromatic heterocycles. The highest BCUT2D eigenvalue weighted by atomic mass is 35.5. The summed E-state index contributed by atoms with van der Waals surface area (Å²) in [4.78, 5) is 20.6. The van der Waals surface area contributed by atoms with Gasteiger partial charge < -0.3 is 0 Å². The van der Waals surface area contributed by atoms with Gasteiger partial charge in [0.05, 0.1) is 31.8 Å². The van der Waals surface area contributed by atoms with Gasteiger partial charge in [-0.25, -0.2) is 8.42 Å². The SMILES string of the molecule is O=[N+]([O-])c1ccc(NN=CC=Cc2ccccc2[N+](=O)[O-])c(S(=O)(=O)Nc2ccccc2Cl)c1. The Balaban J connectivity index is 1.87. The Labute approximate surface area is 198 Å². The van der Waals surface area contributed by atoms with Gasteiger partial charge in [0.1, 0.15) is 4.90 Å². The number of sulfonamides is 1. The summed E-state index contributed by atoms with van der Waals surface area (Å²) in [5, 5.41) is 26.3. The number of nitro benzene ring substituents is 2. The first-order valence-electron chi connectivity index (χ1n) is 9.44. The summed E-state index contributed by atoms with van der Waals surface area (Å²) >= 11 is 6.01. The molecule has 0 fully saturated rings. The lowest BCUT2D eigenvalue weighted by molar-refractivity contribution is -0.385. The van der Waals surface area contributed by atoms with E-state index in [0.717, 1.165) is 12.1 Å². The highest BCUT2D eigenvalue weighted by Gasteiger charge is 2.23. The molecular formula is C21H16ClN5O6S. The first-order chi connectivity index (χ1) is 16.2. The minimum Gasteiger partial charge on any atom is -0.278 e. The molecule has 2 N–H and O–H groups in total. The summed E-state index contributed by atoms with van der Waals surface area (Å²) in [5.74, 6) is 0. The average molecular weight is 502 g/mol. The van der Waals surface area contributed by atoms with Crippen molar-refractivity contribution in [3.63, 3.8) is 0 Å². The first-order valence-corrected chi connectivity index (χ1v) is 11.3. The molecule has 0 aliphatic heterocycles. The Morgan fingerprint density at radius 2 is 1.62 bits per heavy atom. The van der Waals surface area contributed by atoms with Gasteiger partial charge in [-0.05, 0) is 36.4 Å². The van der Waals surface area contributed by atoms with Crippen molar-refractivity contribution in [1.29, 1.82) is 0 Å². The summed E-state index contributed by atoms with van der Waals surface area (Å²) in [5.41, 5.74) is 2.39. The molecule has 0 radical (unpaired) electrons. The molecule has 11 nitrogen and oxygen atoms in total. The molecule has 3 rings (SSSR count). The van der Waals surface area contributed by atoms with Crippen molar-refractivity contribution in [3.8, 4) is 0 Å². The van der Waals surface area contributed by atoms with Crippen LogP contribution < -0.4 is 10.1 Å². The minimum absolute atomic E-state index is 0.0412. The molecule has 0 spiro atoms. The molecule has 3 aromatic rings. The molecule has 0 bridgehead atoms. The molecule has 0 amide bonds. The van der Waals surface area contributed by atoms with E-state index in [1.165, 1.54) is 42.6 Å². The number of nitrogens with zero attached hydrogens (tertiary/aromatic N) is 3. The van der Waals surface area contributed by atoms with Crippen molar-refractivity contribution < 1.29 is 18.3 Å². The Morgan fingerprint density at radius 3 is 2.32 bits per heavy atom. The average Bonchev–Trinajstić information content (AvgIpc) is 2.80. The van der Waals surface area contributed by atoms with Crippen molar-refractivity contribution in [3.05, 3.63) is 104 Å². The Kier molecular flexibility index (Phi) is 7.56. The van der Waals surface area contributed by atoms with E-state index in [1.54, 1.807) is 30.3 Å². The zero-order valence-corrected chi connectivity index (χ0v) is 18.7. The number of halogens is 1. The quantitative estimate of drug-likeness (QED) is 0.235. The number of nitrogens with one attached hydrogen (secondary N) is 2. The second kappa shape index (κ2) is 10.6. The third-order valence-corrected chi connectivity index (χ3v) is 6.07. The normalized spacial score (nSPS) is 11.6. The van der Waals surface area contributed by atoms with Crippen LogP contribution >= 0.6 is 11.6 Å². The van der Waals surface area contributed by atoms with Crippen LogP contribution in [0.15, 0.2) is 82.8 Å². The molecular weight excluding hydrogens is 486 g/mol. The van der Waals surface area contributed by atoms with Gasteiger partial charge in [0, 0.05) is 24.4 Å². The van der Waals surface area contributed by atoms with Gasteiger partial charge in [0.15, 0.2) is 0 Å². The number of para-hydroxylation sites is 2. The predicted molar refractivity (Wildman–Crippen MR) is 130 cm³/mol. The van der Waals surface area contributed by atoms with Crippen LogP contribution in [0.4, 0.5) is 22.7 Å². The van der Waals surface area contributed by atoms with E-state index in [0.29, 0.717) is 5.56 Å². The fraction of sp³-hybridized carbons (Fsp3) is 0. The maximum Gasteiger partial charge on any atom is 0.276 e. The van der Waals surface area contributed by atoms with Crippen molar-refractivity contribution in [1.82, 2.24) is 0 Å². The highest BCUT2D eigenvalue weighted by Crippen LogP contribution is 2.30. The van der Waals surface area contributed by atoms with Gasteiger partial charge in [-0.15, -0.1) is 0 Å². The second-order valence-corrected chi connectivity index (χ2v) is 8.65. The Hall–Kier alpha value is -4.29. The van der Waals surface area contributed by atoms with E-state index >= 15 is 0 Å². The maximum absolute atomic E-state index is 13.0. The molecule has 174 valence electrons. The van der Waals surface area contributed by atoms with E-state index in [4.69, 9.17) is 11.6 Å². The zero-order valence-electron chi connectivity index (χ0n) is 17.2. The minimum atomic E-state index is -4.29. The van der Waals surface area contributed by atoms with Crippen LogP contribution in [0, 0.1) is 20.2 Å². The maximum atomic E-state index is 13.0. The number of hydrazone groups is 1. The summed E-state index contributed by atoms with van der Waals surface area (Å²) in [7, 11) is -4.29. The topological polar surface area (TPSA) is 157 Å². The molecule has 3 aromatic carbocycles. The smallest absolute Gasteiger partial charge is 0.276 e. The lowest BCUT2D eigenvalue weighted by atomic mass is 10.2. The predicted octanol–water partition coefficient (Wildman–Crippen LogP) is 5.07. The fourth-order valence-electron chi connectivity index (χ4n) is 2.77. The van der Waals surface area contributed by atoms with Gasteiger partial charge >= 0.3 is 0 Å². The van der Waals surface area contributed by atoms with Gasteiger partial charge in [-0.3, -0.25) is 30.4 Å². The molecule has 0 unspecified atom stereocenters. The first kappa shape index (κ1) is 24.4. The lowest BCUT2D eigenvalue weighted by Crippen LogP contribution is -2.15. The molecule has 0 saturated heterocycles. The second-order valence-electron chi connectivity index (χ2n) is 6.59. The van der Waals surface area contributed by atoms with Crippen LogP contribution in [0.5, 0.6) is 0 Å². The summed E-state index contributed by atoms with van der Waals surface area (Å²) in [6.45, 7) is 0. The number of hydrogen-bond acceptors (Lipinski definition) is 8. The van der Waals surface area contributed by atoms with E-state index in [1.807, 2.05) is 0 Å². The number of anilines is 2. The Bertz CT molecular complexity index is 1410. The van der Waals surface area contributed by atoms with Crippen molar-refractivity contribution in [2.75, 3.05) is 10.1 Å². The van der Waals surface area contributed by atoms with Gasteiger partial charge in [0.2, 0.25) is 0 Å². The zero-order chi connectivity index (χ0) is 24.7. The summed E-state index contributed by atoms with van der Waals surface area (Å²) < 4.78 is 28.2. The van der Waals surface area contributed by atoms with E-state index in [9.17, 15) is 28.6 Å². The number of non-ortho nitro benzene ring substituents is 1. The molecule has 34 heavy (non-hydrogen) atoms. The van der Waals surface area contributed by atoms with Crippen molar-refractivity contribution in [2.24, 2.45) is 5.10 Å².